The molecule has 0 spiro atoms. The van der Waals surface area contributed by atoms with Crippen molar-refractivity contribution in [3.8, 4) is 5.75 Å². The number of rotatable bonds is 3. The van der Waals surface area contributed by atoms with Gasteiger partial charge in [-0.1, -0.05) is 42.5 Å². The fourth-order valence-corrected chi connectivity index (χ4v) is 1.37. The van der Waals surface area contributed by atoms with Crippen molar-refractivity contribution in [2.24, 2.45) is 0 Å². The van der Waals surface area contributed by atoms with E-state index in [1.807, 2.05) is 18.2 Å². The standard InChI is InChI=1S/C7H6BF3O3.C7H6O/c9-7(10,11)14-6-3-1-5(2-4-6)8(12)13;8-6-7-4-2-1-3-5-7/h1-4,12-13H;1-6H. The second kappa shape index (κ2) is 8.21. The number of aldehydes is 1. The van der Waals surface area contributed by atoms with Gasteiger partial charge >= 0.3 is 13.5 Å². The van der Waals surface area contributed by atoms with Gasteiger partial charge in [0.2, 0.25) is 0 Å². The molecule has 2 aromatic rings. The third kappa shape index (κ3) is 6.91. The minimum atomic E-state index is -4.74. The molecule has 0 atom stereocenters. The Balaban J connectivity index is 0.000000255. The predicted octanol–water partition coefficient (Wildman–Crippen LogP) is 1.76. The van der Waals surface area contributed by atoms with Gasteiger partial charge in [-0.15, -0.1) is 13.2 Å². The van der Waals surface area contributed by atoms with Crippen LogP contribution in [0.25, 0.3) is 0 Å². The number of alkyl halides is 3. The minimum absolute atomic E-state index is 0.0968. The predicted molar refractivity (Wildman–Crippen MR) is 74.8 cm³/mol. The van der Waals surface area contributed by atoms with Crippen LogP contribution in [0.15, 0.2) is 54.6 Å². The van der Waals surface area contributed by atoms with Crippen LogP contribution in [0.5, 0.6) is 5.75 Å². The second-order valence-electron chi connectivity index (χ2n) is 4.02. The van der Waals surface area contributed by atoms with Crippen molar-refractivity contribution in [1.82, 2.24) is 0 Å². The molecule has 0 amide bonds. The summed E-state index contributed by atoms with van der Waals surface area (Å²) >= 11 is 0. The van der Waals surface area contributed by atoms with Crippen molar-refractivity contribution in [2.75, 3.05) is 0 Å². The maximum Gasteiger partial charge on any atom is 0.573 e. The molecule has 4 nitrogen and oxygen atoms in total. The van der Waals surface area contributed by atoms with E-state index in [-0.39, 0.29) is 5.46 Å². The molecule has 0 unspecified atom stereocenters. The molecule has 2 N–H and O–H groups in total. The fourth-order valence-electron chi connectivity index (χ4n) is 1.37. The molecular weight excluding hydrogens is 300 g/mol. The molecular formula is C14H12BF3O4. The Morgan fingerprint density at radius 1 is 0.955 bits per heavy atom. The molecule has 0 aromatic heterocycles. The fraction of sp³-hybridized carbons (Fsp3) is 0.0714. The third-order valence-electron chi connectivity index (χ3n) is 2.35. The van der Waals surface area contributed by atoms with Crippen LogP contribution >= 0.6 is 0 Å². The Hall–Kier alpha value is -2.32. The van der Waals surface area contributed by atoms with E-state index in [2.05, 4.69) is 4.74 Å². The van der Waals surface area contributed by atoms with Crippen LogP contribution in [0.1, 0.15) is 10.4 Å². The quantitative estimate of drug-likeness (QED) is 0.669. The third-order valence-corrected chi connectivity index (χ3v) is 2.35. The highest BCUT2D eigenvalue weighted by atomic mass is 19.4. The molecule has 0 fully saturated rings. The summed E-state index contributed by atoms with van der Waals surface area (Å²) in [4.78, 5) is 10.0. The lowest BCUT2D eigenvalue weighted by Crippen LogP contribution is -2.29. The van der Waals surface area contributed by atoms with Crippen molar-refractivity contribution in [3.05, 3.63) is 60.2 Å². The summed E-state index contributed by atoms with van der Waals surface area (Å²) in [5.41, 5.74) is 0.826. The van der Waals surface area contributed by atoms with Crippen molar-refractivity contribution >= 4 is 18.9 Å². The Bertz CT molecular complexity index is 571. The average molecular weight is 312 g/mol. The van der Waals surface area contributed by atoms with Gasteiger partial charge in [0.15, 0.2) is 0 Å². The molecule has 0 aliphatic heterocycles. The highest BCUT2D eigenvalue weighted by molar-refractivity contribution is 6.58. The van der Waals surface area contributed by atoms with Crippen LogP contribution < -0.4 is 10.2 Å². The van der Waals surface area contributed by atoms with Gasteiger partial charge in [0, 0.05) is 5.56 Å². The summed E-state index contributed by atoms with van der Waals surface area (Å²) in [7, 11) is -1.70. The van der Waals surface area contributed by atoms with E-state index in [1.165, 1.54) is 0 Å². The van der Waals surface area contributed by atoms with E-state index < -0.39 is 19.2 Å². The van der Waals surface area contributed by atoms with Gasteiger partial charge in [0.05, 0.1) is 0 Å². The van der Waals surface area contributed by atoms with E-state index in [9.17, 15) is 18.0 Å². The number of hydrogen-bond donors (Lipinski definition) is 2. The Morgan fingerprint density at radius 3 is 1.86 bits per heavy atom. The first-order valence-electron chi connectivity index (χ1n) is 6.04. The van der Waals surface area contributed by atoms with E-state index in [4.69, 9.17) is 10.0 Å². The van der Waals surface area contributed by atoms with E-state index >= 15 is 0 Å². The molecule has 0 radical (unpaired) electrons. The number of carbonyl (C=O) groups is 1. The largest absolute Gasteiger partial charge is 0.573 e. The Kier molecular flexibility index (Phi) is 6.62. The van der Waals surface area contributed by atoms with Gasteiger partial charge in [-0.25, -0.2) is 0 Å². The zero-order valence-electron chi connectivity index (χ0n) is 11.2. The summed E-state index contributed by atoms with van der Waals surface area (Å²) in [6.45, 7) is 0. The van der Waals surface area contributed by atoms with Gasteiger partial charge in [0.1, 0.15) is 12.0 Å². The SMILES string of the molecule is O=Cc1ccccc1.OB(O)c1ccc(OC(F)(F)F)cc1. The summed E-state index contributed by atoms with van der Waals surface area (Å²) in [5.74, 6) is -0.401. The molecule has 0 heterocycles. The van der Waals surface area contributed by atoms with Gasteiger partial charge in [-0.3, -0.25) is 4.79 Å². The van der Waals surface area contributed by atoms with E-state index in [1.54, 1.807) is 12.1 Å². The topological polar surface area (TPSA) is 66.8 Å². The molecule has 0 saturated carbocycles. The molecule has 0 aliphatic carbocycles. The lowest BCUT2D eigenvalue weighted by molar-refractivity contribution is -0.274. The van der Waals surface area contributed by atoms with E-state index in [0.29, 0.717) is 0 Å². The van der Waals surface area contributed by atoms with Crippen LogP contribution in [0.3, 0.4) is 0 Å². The number of carbonyl (C=O) groups excluding carboxylic acids is 1. The first-order valence-corrected chi connectivity index (χ1v) is 6.04. The molecule has 8 heteroatoms. The summed E-state index contributed by atoms with van der Waals surface area (Å²) in [6.07, 6.45) is -3.90. The average Bonchev–Trinajstić information content (AvgIpc) is 2.47. The zero-order chi connectivity index (χ0) is 16.6. The summed E-state index contributed by atoms with van der Waals surface area (Å²) in [5, 5.41) is 17.3. The van der Waals surface area contributed by atoms with Crippen molar-refractivity contribution in [2.45, 2.75) is 6.36 Å². The number of halogens is 3. The maximum atomic E-state index is 11.7. The van der Waals surface area contributed by atoms with Crippen molar-refractivity contribution < 1.29 is 32.8 Å². The highest BCUT2D eigenvalue weighted by Gasteiger charge is 2.31. The minimum Gasteiger partial charge on any atom is -0.423 e. The first-order chi connectivity index (χ1) is 10.3. The van der Waals surface area contributed by atoms with Crippen molar-refractivity contribution in [1.29, 1.82) is 0 Å². The highest BCUT2D eigenvalue weighted by Crippen LogP contribution is 2.21. The lowest BCUT2D eigenvalue weighted by Gasteiger charge is -2.08. The van der Waals surface area contributed by atoms with Gasteiger partial charge in [0.25, 0.3) is 0 Å². The van der Waals surface area contributed by atoms with E-state index in [0.717, 1.165) is 36.1 Å². The molecule has 2 aromatic carbocycles. The van der Waals surface area contributed by atoms with Crippen LogP contribution in [-0.4, -0.2) is 29.8 Å². The van der Waals surface area contributed by atoms with Gasteiger partial charge in [-0.05, 0) is 17.6 Å². The van der Waals surface area contributed by atoms with Crippen LogP contribution in [0.4, 0.5) is 13.2 Å². The van der Waals surface area contributed by atoms with Crippen LogP contribution in [-0.2, 0) is 0 Å². The lowest BCUT2D eigenvalue weighted by atomic mass is 9.80. The maximum absolute atomic E-state index is 11.7. The summed E-state index contributed by atoms with van der Waals surface area (Å²) in [6, 6.07) is 13.4. The Morgan fingerprint density at radius 2 is 1.50 bits per heavy atom. The Labute approximate surface area is 124 Å². The molecule has 0 aliphatic rings. The molecule has 0 saturated heterocycles. The van der Waals surface area contributed by atoms with Crippen LogP contribution in [0.2, 0.25) is 0 Å². The first kappa shape index (κ1) is 17.7. The normalized spacial score (nSPS) is 10.2. The number of ether oxygens (including phenoxy) is 1. The molecule has 0 bridgehead atoms. The second-order valence-corrected chi connectivity index (χ2v) is 4.02. The zero-order valence-corrected chi connectivity index (χ0v) is 11.2. The van der Waals surface area contributed by atoms with Gasteiger partial charge in [-0.2, -0.15) is 0 Å². The number of hydrogen-bond acceptors (Lipinski definition) is 4. The van der Waals surface area contributed by atoms with Crippen LogP contribution in [0, 0.1) is 0 Å². The molecule has 22 heavy (non-hydrogen) atoms. The monoisotopic (exact) mass is 312 g/mol. The molecule has 2 rings (SSSR count). The summed E-state index contributed by atoms with van der Waals surface area (Å²) < 4.78 is 38.6. The van der Waals surface area contributed by atoms with Gasteiger partial charge < -0.3 is 14.8 Å². The number of benzene rings is 2. The van der Waals surface area contributed by atoms with Crippen molar-refractivity contribution in [3.63, 3.8) is 0 Å². The smallest absolute Gasteiger partial charge is 0.423 e. The molecule has 116 valence electrons.